The van der Waals surface area contributed by atoms with E-state index in [0.717, 1.165) is 16.7 Å². The minimum absolute atomic E-state index is 0.200. The van der Waals surface area contributed by atoms with E-state index in [1.54, 1.807) is 12.1 Å². The van der Waals surface area contributed by atoms with Crippen molar-refractivity contribution >= 4 is 5.91 Å². The zero-order valence-corrected chi connectivity index (χ0v) is 15.3. The van der Waals surface area contributed by atoms with E-state index >= 15 is 0 Å². The van der Waals surface area contributed by atoms with Gasteiger partial charge in [-0.3, -0.25) is 10.1 Å². The number of aliphatic hydroxyl groups excluding tert-OH is 1. The topological polar surface area (TPSA) is 70.6 Å². The molecule has 0 fully saturated rings. The average molecular weight is 370 g/mol. The van der Waals surface area contributed by atoms with Gasteiger partial charge in [-0.15, -0.1) is 0 Å². The summed E-state index contributed by atoms with van der Waals surface area (Å²) in [7, 11) is 1.51. The second-order valence-corrected chi connectivity index (χ2v) is 6.04. The van der Waals surface area contributed by atoms with E-state index < -0.39 is 12.3 Å². The number of ether oxygens (including phenoxy) is 1. The molecule has 2 rings (SSSR count). The van der Waals surface area contributed by atoms with Crippen molar-refractivity contribution < 1.29 is 19.0 Å². The van der Waals surface area contributed by atoms with Gasteiger partial charge in [-0.05, 0) is 42.0 Å². The van der Waals surface area contributed by atoms with Crippen molar-refractivity contribution in [2.75, 3.05) is 13.7 Å². The van der Waals surface area contributed by atoms with Crippen LogP contribution in [0.1, 0.15) is 23.6 Å². The fourth-order valence-electron chi connectivity index (χ4n) is 2.40. The predicted octanol–water partition coefficient (Wildman–Crippen LogP) is 1.78. The molecule has 6 heteroatoms. The van der Waals surface area contributed by atoms with Gasteiger partial charge in [0.05, 0.1) is 12.6 Å². The summed E-state index contributed by atoms with van der Waals surface area (Å²) < 4.78 is 17.9. The Morgan fingerprint density at radius 1 is 1.11 bits per heavy atom. The van der Waals surface area contributed by atoms with Gasteiger partial charge < -0.3 is 15.2 Å². The van der Waals surface area contributed by atoms with E-state index in [1.165, 1.54) is 26.2 Å². The summed E-state index contributed by atoms with van der Waals surface area (Å²) in [6.07, 6.45) is -0.938. The van der Waals surface area contributed by atoms with Gasteiger partial charge in [0.1, 0.15) is 12.0 Å². The predicted molar refractivity (Wildman–Crippen MR) is 101 cm³/mol. The zero-order valence-electron chi connectivity index (χ0n) is 15.3. The highest BCUT2D eigenvalue weighted by Gasteiger charge is 2.19. The first kappa shape index (κ1) is 20.6. The van der Waals surface area contributed by atoms with Gasteiger partial charge in [0, 0.05) is 31.7 Å². The molecule has 0 heterocycles. The fraction of sp³-hybridized carbons (Fsp3) is 0.286. The molecule has 2 atom stereocenters. The second-order valence-electron chi connectivity index (χ2n) is 6.04. The van der Waals surface area contributed by atoms with Crippen molar-refractivity contribution in [2.45, 2.75) is 25.7 Å². The molecule has 142 valence electrons. The Morgan fingerprint density at radius 3 is 2.19 bits per heavy atom. The third kappa shape index (κ3) is 7.19. The Bertz CT molecular complexity index is 795. The van der Waals surface area contributed by atoms with Crippen LogP contribution in [0.4, 0.5) is 4.39 Å². The van der Waals surface area contributed by atoms with Crippen LogP contribution in [0, 0.1) is 17.7 Å². The highest BCUT2D eigenvalue weighted by molar-refractivity contribution is 5.73. The molecular formula is C21H23FN2O3. The highest BCUT2D eigenvalue weighted by Crippen LogP contribution is 2.06. The standard InChI is InChI=1S/C21H23FN2O3/c1-15(25)24-20(14-27-2)21(26)23-13-18-7-5-16(6-8-18)3-4-17-9-11-19(22)12-10-17/h5-12,20-21,23,26H,13-14H2,1-2H3,(H,24,25). The number of carbonyl (C=O) groups is 1. The number of nitrogens with one attached hydrogen (secondary N) is 2. The van der Waals surface area contributed by atoms with Crippen LogP contribution in [0.15, 0.2) is 48.5 Å². The molecule has 1 amide bonds. The number of rotatable bonds is 7. The Kier molecular flexibility index (Phi) is 7.96. The van der Waals surface area contributed by atoms with Crippen LogP contribution >= 0.6 is 0 Å². The number of amides is 1. The first-order valence-electron chi connectivity index (χ1n) is 8.52. The number of hydrogen-bond acceptors (Lipinski definition) is 4. The lowest BCUT2D eigenvalue weighted by Gasteiger charge is -2.23. The summed E-state index contributed by atoms with van der Waals surface area (Å²) in [4.78, 5) is 11.2. The van der Waals surface area contributed by atoms with Crippen LogP contribution in [0.3, 0.4) is 0 Å². The Labute approximate surface area is 158 Å². The highest BCUT2D eigenvalue weighted by atomic mass is 19.1. The molecule has 0 bridgehead atoms. The summed E-state index contributed by atoms with van der Waals surface area (Å²) in [6.45, 7) is 2.01. The SMILES string of the molecule is COCC(NC(C)=O)C(O)NCc1ccc(C#Cc2ccc(F)cc2)cc1. The number of benzene rings is 2. The molecule has 0 saturated heterocycles. The van der Waals surface area contributed by atoms with E-state index in [1.807, 2.05) is 24.3 Å². The number of aliphatic hydroxyl groups is 1. The summed E-state index contributed by atoms with van der Waals surface area (Å²) in [5.74, 6) is 5.48. The summed E-state index contributed by atoms with van der Waals surface area (Å²) in [5, 5.41) is 15.8. The first-order valence-corrected chi connectivity index (χ1v) is 8.52. The molecule has 2 unspecified atom stereocenters. The third-order valence-corrected chi connectivity index (χ3v) is 3.78. The van der Waals surface area contributed by atoms with Crippen molar-refractivity contribution in [3.8, 4) is 11.8 Å². The number of hydrogen-bond donors (Lipinski definition) is 3. The molecule has 0 spiro atoms. The molecule has 0 aliphatic rings. The number of halogens is 1. The van der Waals surface area contributed by atoms with Gasteiger partial charge >= 0.3 is 0 Å². The first-order chi connectivity index (χ1) is 13.0. The normalized spacial score (nSPS) is 12.6. The molecule has 0 aromatic heterocycles. The minimum atomic E-state index is -0.938. The lowest BCUT2D eigenvalue weighted by atomic mass is 10.1. The molecule has 27 heavy (non-hydrogen) atoms. The van der Waals surface area contributed by atoms with Crippen molar-refractivity contribution in [3.63, 3.8) is 0 Å². The lowest BCUT2D eigenvalue weighted by molar-refractivity contribution is -0.121. The van der Waals surface area contributed by atoms with E-state index in [0.29, 0.717) is 6.54 Å². The van der Waals surface area contributed by atoms with Crippen LogP contribution in [0.5, 0.6) is 0 Å². The molecule has 5 nitrogen and oxygen atoms in total. The molecular weight excluding hydrogens is 347 g/mol. The van der Waals surface area contributed by atoms with Crippen molar-refractivity contribution in [3.05, 3.63) is 71.0 Å². The fourth-order valence-corrected chi connectivity index (χ4v) is 2.40. The molecule has 3 N–H and O–H groups in total. The van der Waals surface area contributed by atoms with Crippen LogP contribution in [0.2, 0.25) is 0 Å². The largest absolute Gasteiger partial charge is 0.382 e. The molecule has 0 saturated carbocycles. The van der Waals surface area contributed by atoms with Gasteiger partial charge in [-0.2, -0.15) is 0 Å². The van der Waals surface area contributed by atoms with Crippen molar-refractivity contribution in [1.29, 1.82) is 0 Å². The Hall–Kier alpha value is -2.72. The summed E-state index contributed by atoms with van der Waals surface area (Å²) in [6, 6.07) is 13.0. The lowest BCUT2D eigenvalue weighted by Crippen LogP contribution is -2.51. The smallest absolute Gasteiger partial charge is 0.217 e. The van der Waals surface area contributed by atoms with Crippen molar-refractivity contribution in [2.24, 2.45) is 0 Å². The summed E-state index contributed by atoms with van der Waals surface area (Å²) >= 11 is 0. The Morgan fingerprint density at radius 2 is 1.67 bits per heavy atom. The van der Waals surface area contributed by atoms with Gasteiger partial charge in [-0.25, -0.2) is 4.39 Å². The van der Waals surface area contributed by atoms with E-state index in [4.69, 9.17) is 4.74 Å². The van der Waals surface area contributed by atoms with Gasteiger partial charge in [0.25, 0.3) is 0 Å². The third-order valence-electron chi connectivity index (χ3n) is 3.78. The number of methoxy groups -OCH3 is 1. The van der Waals surface area contributed by atoms with E-state index in [2.05, 4.69) is 22.5 Å². The van der Waals surface area contributed by atoms with E-state index in [9.17, 15) is 14.3 Å². The van der Waals surface area contributed by atoms with E-state index in [-0.39, 0.29) is 18.3 Å². The van der Waals surface area contributed by atoms with Gasteiger partial charge in [0.2, 0.25) is 5.91 Å². The number of carbonyl (C=O) groups excluding carboxylic acids is 1. The quantitative estimate of drug-likeness (QED) is 0.513. The van der Waals surface area contributed by atoms with Crippen LogP contribution in [0.25, 0.3) is 0 Å². The maximum atomic E-state index is 12.9. The van der Waals surface area contributed by atoms with Crippen LogP contribution < -0.4 is 10.6 Å². The molecule has 2 aromatic rings. The monoisotopic (exact) mass is 370 g/mol. The van der Waals surface area contributed by atoms with Gasteiger partial charge in [-0.1, -0.05) is 24.0 Å². The summed E-state index contributed by atoms with van der Waals surface area (Å²) in [5.41, 5.74) is 2.53. The van der Waals surface area contributed by atoms with Crippen LogP contribution in [-0.4, -0.2) is 37.0 Å². The maximum Gasteiger partial charge on any atom is 0.217 e. The average Bonchev–Trinajstić information content (AvgIpc) is 2.66. The molecule has 2 aromatic carbocycles. The van der Waals surface area contributed by atoms with Crippen molar-refractivity contribution in [1.82, 2.24) is 10.6 Å². The second kappa shape index (κ2) is 10.4. The zero-order chi connectivity index (χ0) is 19.6. The minimum Gasteiger partial charge on any atom is -0.382 e. The molecule has 0 aliphatic heterocycles. The maximum absolute atomic E-state index is 12.9. The van der Waals surface area contributed by atoms with Crippen LogP contribution in [-0.2, 0) is 16.1 Å². The Balaban J connectivity index is 1.91. The molecule has 0 aliphatic carbocycles. The van der Waals surface area contributed by atoms with Gasteiger partial charge in [0.15, 0.2) is 0 Å². The molecule has 0 radical (unpaired) electrons.